The fourth-order valence-corrected chi connectivity index (χ4v) is 4.10. The van der Waals surface area contributed by atoms with Crippen molar-refractivity contribution < 1.29 is 4.79 Å². The molecule has 32 heavy (non-hydrogen) atoms. The van der Waals surface area contributed by atoms with Crippen LogP contribution >= 0.6 is 0 Å². The largest absolute Gasteiger partial charge is 0.356 e. The molecule has 1 aromatic heterocycles. The van der Waals surface area contributed by atoms with Crippen LogP contribution in [0.1, 0.15) is 28.9 Å². The van der Waals surface area contributed by atoms with E-state index in [-0.39, 0.29) is 5.91 Å². The van der Waals surface area contributed by atoms with E-state index in [1.165, 1.54) is 12.8 Å². The molecule has 3 aromatic carbocycles. The summed E-state index contributed by atoms with van der Waals surface area (Å²) in [5.41, 5.74) is 3.19. The minimum atomic E-state index is -0.125. The number of nitrogens with zero attached hydrogens (tertiary/aromatic N) is 3. The normalized spacial score (nSPS) is 13.3. The summed E-state index contributed by atoms with van der Waals surface area (Å²) in [6.07, 6.45) is 2.41. The van der Waals surface area contributed by atoms with Crippen molar-refractivity contribution in [2.45, 2.75) is 19.8 Å². The number of hydrogen-bond donors (Lipinski definition) is 2. The van der Waals surface area contributed by atoms with Gasteiger partial charge in [-0.15, -0.1) is 0 Å². The van der Waals surface area contributed by atoms with Crippen LogP contribution in [0.25, 0.3) is 10.8 Å². The standard InChI is InChI=1S/C26H25N5O/c1-18-17-24(31-15-4-5-16-31)30-26(27-18)29-21-13-11-20(12-14-21)28-25(32)23-10-6-8-19-7-2-3-9-22(19)23/h2-3,6-14,17H,4-5,15-16H2,1H3,(H,28,32)(H,27,29,30). The van der Waals surface area contributed by atoms with Gasteiger partial charge >= 0.3 is 0 Å². The second-order valence-corrected chi connectivity index (χ2v) is 8.07. The Bertz CT molecular complexity index is 1260. The van der Waals surface area contributed by atoms with Crippen molar-refractivity contribution in [3.8, 4) is 0 Å². The third kappa shape index (κ3) is 4.25. The molecule has 0 spiro atoms. The van der Waals surface area contributed by atoms with Gasteiger partial charge in [-0.25, -0.2) is 4.98 Å². The van der Waals surface area contributed by atoms with Crippen molar-refractivity contribution >= 4 is 39.8 Å². The fraction of sp³-hybridized carbons (Fsp3) is 0.192. The first-order chi connectivity index (χ1) is 15.7. The third-order valence-electron chi connectivity index (χ3n) is 5.70. The molecule has 2 heterocycles. The highest BCUT2D eigenvalue weighted by Crippen LogP contribution is 2.23. The first-order valence-electron chi connectivity index (χ1n) is 10.9. The number of rotatable bonds is 5. The number of carbonyl (C=O) groups is 1. The number of carbonyl (C=O) groups excluding carboxylic acids is 1. The van der Waals surface area contributed by atoms with Crippen molar-refractivity contribution in [1.82, 2.24) is 9.97 Å². The summed E-state index contributed by atoms with van der Waals surface area (Å²) < 4.78 is 0. The van der Waals surface area contributed by atoms with E-state index in [9.17, 15) is 4.79 Å². The molecular weight excluding hydrogens is 398 g/mol. The highest BCUT2D eigenvalue weighted by molar-refractivity contribution is 6.12. The maximum absolute atomic E-state index is 12.9. The van der Waals surface area contributed by atoms with Crippen LogP contribution in [0.2, 0.25) is 0 Å². The lowest BCUT2D eigenvalue weighted by Gasteiger charge is -2.17. The Labute approximate surface area is 187 Å². The molecule has 160 valence electrons. The van der Waals surface area contributed by atoms with Crippen molar-refractivity contribution in [2.24, 2.45) is 0 Å². The maximum atomic E-state index is 12.9. The van der Waals surface area contributed by atoms with Gasteiger partial charge in [0.05, 0.1) is 0 Å². The molecule has 6 heteroatoms. The monoisotopic (exact) mass is 423 g/mol. The molecule has 6 nitrogen and oxygen atoms in total. The highest BCUT2D eigenvalue weighted by Gasteiger charge is 2.15. The van der Waals surface area contributed by atoms with Crippen molar-refractivity contribution in [3.63, 3.8) is 0 Å². The van der Waals surface area contributed by atoms with Gasteiger partial charge in [-0.1, -0.05) is 36.4 Å². The molecule has 0 unspecified atom stereocenters. The summed E-state index contributed by atoms with van der Waals surface area (Å²) >= 11 is 0. The Kier molecular flexibility index (Phi) is 5.42. The Balaban J connectivity index is 1.30. The molecule has 0 radical (unpaired) electrons. The molecule has 1 fully saturated rings. The van der Waals surface area contributed by atoms with Gasteiger partial charge in [-0.05, 0) is 60.9 Å². The van der Waals surface area contributed by atoms with Crippen LogP contribution < -0.4 is 15.5 Å². The number of benzene rings is 3. The van der Waals surface area contributed by atoms with Crippen LogP contribution in [0.5, 0.6) is 0 Å². The number of aryl methyl sites for hydroxylation is 1. The lowest BCUT2D eigenvalue weighted by atomic mass is 10.0. The lowest BCUT2D eigenvalue weighted by molar-refractivity contribution is 0.102. The number of hydrogen-bond acceptors (Lipinski definition) is 5. The number of aromatic nitrogens is 2. The van der Waals surface area contributed by atoms with E-state index in [1.807, 2.05) is 79.7 Å². The summed E-state index contributed by atoms with van der Waals surface area (Å²) in [4.78, 5) is 24.4. The van der Waals surface area contributed by atoms with Gasteiger partial charge in [-0.2, -0.15) is 4.98 Å². The minimum Gasteiger partial charge on any atom is -0.356 e. The summed E-state index contributed by atoms with van der Waals surface area (Å²) in [6.45, 7) is 4.07. The lowest BCUT2D eigenvalue weighted by Crippen LogP contribution is -2.19. The Hall–Kier alpha value is -3.93. The van der Waals surface area contributed by atoms with Crippen LogP contribution in [0.4, 0.5) is 23.1 Å². The van der Waals surface area contributed by atoms with Gasteiger partial charge < -0.3 is 15.5 Å². The molecule has 0 atom stereocenters. The van der Waals surface area contributed by atoms with E-state index in [2.05, 4.69) is 25.5 Å². The smallest absolute Gasteiger partial charge is 0.256 e. The van der Waals surface area contributed by atoms with Crippen LogP contribution in [0.3, 0.4) is 0 Å². The van der Waals surface area contributed by atoms with E-state index in [0.717, 1.165) is 46.7 Å². The Morgan fingerprint density at radius 2 is 1.59 bits per heavy atom. The van der Waals surface area contributed by atoms with Gasteiger partial charge in [-0.3, -0.25) is 4.79 Å². The van der Waals surface area contributed by atoms with Crippen molar-refractivity contribution in [1.29, 1.82) is 0 Å². The van der Waals surface area contributed by atoms with Crippen LogP contribution in [-0.4, -0.2) is 29.0 Å². The topological polar surface area (TPSA) is 70.2 Å². The van der Waals surface area contributed by atoms with E-state index in [0.29, 0.717) is 11.5 Å². The van der Waals surface area contributed by atoms with Gasteiger partial charge in [0.2, 0.25) is 5.95 Å². The summed E-state index contributed by atoms with van der Waals surface area (Å²) in [6, 6.07) is 23.3. The van der Waals surface area contributed by atoms with E-state index in [4.69, 9.17) is 0 Å². The average Bonchev–Trinajstić information content (AvgIpc) is 3.35. The predicted octanol–water partition coefficient (Wildman–Crippen LogP) is 5.53. The third-order valence-corrected chi connectivity index (χ3v) is 5.70. The molecule has 5 rings (SSSR count). The second-order valence-electron chi connectivity index (χ2n) is 8.07. The average molecular weight is 424 g/mol. The van der Waals surface area contributed by atoms with Gasteiger partial charge in [0.1, 0.15) is 5.82 Å². The van der Waals surface area contributed by atoms with Crippen LogP contribution in [0, 0.1) is 6.92 Å². The van der Waals surface area contributed by atoms with Gasteiger partial charge in [0.25, 0.3) is 5.91 Å². The van der Waals surface area contributed by atoms with Crippen LogP contribution in [-0.2, 0) is 0 Å². The summed E-state index contributed by atoms with van der Waals surface area (Å²) in [5.74, 6) is 1.43. The molecule has 0 aliphatic carbocycles. The molecule has 1 aliphatic heterocycles. The fourth-order valence-electron chi connectivity index (χ4n) is 4.10. The minimum absolute atomic E-state index is 0.125. The molecule has 1 aliphatic rings. The summed E-state index contributed by atoms with van der Waals surface area (Å²) in [7, 11) is 0. The van der Waals surface area contributed by atoms with Crippen LogP contribution in [0.15, 0.2) is 72.8 Å². The van der Waals surface area contributed by atoms with Gasteiger partial charge in [0.15, 0.2) is 0 Å². The molecular formula is C26H25N5O. The first kappa shape index (κ1) is 20.0. The van der Waals surface area contributed by atoms with Crippen molar-refractivity contribution in [2.75, 3.05) is 28.6 Å². The number of amides is 1. The zero-order valence-electron chi connectivity index (χ0n) is 18.0. The van der Waals surface area contributed by atoms with Gasteiger partial charge in [0, 0.05) is 41.8 Å². The molecule has 1 amide bonds. The molecule has 0 bridgehead atoms. The summed E-state index contributed by atoms with van der Waals surface area (Å²) in [5, 5.41) is 8.26. The molecule has 2 N–H and O–H groups in total. The SMILES string of the molecule is Cc1cc(N2CCCC2)nc(Nc2ccc(NC(=O)c3cccc4ccccc34)cc2)n1. The Morgan fingerprint density at radius 3 is 2.41 bits per heavy atom. The van der Waals surface area contributed by atoms with E-state index < -0.39 is 0 Å². The first-order valence-corrected chi connectivity index (χ1v) is 10.9. The number of nitrogens with one attached hydrogen (secondary N) is 2. The molecule has 4 aromatic rings. The number of fused-ring (bicyclic) bond motifs is 1. The van der Waals surface area contributed by atoms with E-state index >= 15 is 0 Å². The second kappa shape index (κ2) is 8.67. The maximum Gasteiger partial charge on any atom is 0.256 e. The van der Waals surface area contributed by atoms with Crippen molar-refractivity contribution in [3.05, 3.63) is 84.1 Å². The quantitative estimate of drug-likeness (QED) is 0.441. The molecule has 0 saturated carbocycles. The zero-order chi connectivity index (χ0) is 21.9. The number of anilines is 4. The predicted molar refractivity (Wildman–Crippen MR) is 130 cm³/mol. The highest BCUT2D eigenvalue weighted by atomic mass is 16.1. The van der Waals surface area contributed by atoms with E-state index in [1.54, 1.807) is 0 Å². The zero-order valence-corrected chi connectivity index (χ0v) is 18.0. The Morgan fingerprint density at radius 1 is 0.875 bits per heavy atom. The molecule has 1 saturated heterocycles.